The van der Waals surface area contributed by atoms with Crippen molar-refractivity contribution < 1.29 is 7.48 Å². The first kappa shape index (κ1) is 21.8. The second kappa shape index (κ2) is 11.4. The van der Waals surface area contributed by atoms with Gasteiger partial charge in [0.05, 0.1) is 2.74 Å². The lowest BCUT2D eigenvalue weighted by molar-refractivity contribution is 0.483. The van der Waals surface area contributed by atoms with Crippen molar-refractivity contribution in [3.8, 4) is 11.5 Å². The minimum absolute atomic E-state index is 0.463. The van der Waals surface area contributed by atoms with Crippen LogP contribution in [0.15, 0.2) is 170 Å². The van der Waals surface area contributed by atoms with Crippen LogP contribution in [0.3, 0.4) is 0 Å². The zero-order valence-corrected chi connectivity index (χ0v) is 21.3. The molecule has 0 N–H and O–H groups in total. The van der Waals surface area contributed by atoms with E-state index in [1.165, 1.54) is 0 Å². The zero-order valence-electron chi connectivity index (χ0n) is 23.3. The van der Waals surface area contributed by atoms with Gasteiger partial charge in [0, 0.05) is 34.1 Å². The Hall–Kier alpha value is -5.28. The molecule has 0 unspecified atom stereocenters. The first-order valence-electron chi connectivity index (χ1n) is 13.9. The van der Waals surface area contributed by atoms with Gasteiger partial charge in [-0.2, -0.15) is 0 Å². The van der Waals surface area contributed by atoms with Crippen molar-refractivity contribution in [1.29, 1.82) is 0 Å². The molecule has 0 spiro atoms. The number of ether oxygens (including phenoxy) is 1. The number of para-hydroxylation sites is 4. The van der Waals surface area contributed by atoms with Gasteiger partial charge in [-0.1, -0.05) is 72.7 Å². The molecule has 0 amide bonds. The van der Waals surface area contributed by atoms with E-state index in [0.717, 1.165) is 45.6 Å². The molecule has 3 heteroatoms. The lowest BCUT2D eigenvalue weighted by atomic mass is 10.2. The molecule has 0 atom stereocenters. The zero-order chi connectivity index (χ0) is 28.0. The molecule has 0 aliphatic heterocycles. The lowest BCUT2D eigenvalue weighted by Gasteiger charge is -2.26. The second-order valence-corrected chi connectivity index (χ2v) is 8.96. The van der Waals surface area contributed by atoms with E-state index in [1.54, 1.807) is 12.1 Å². The van der Waals surface area contributed by atoms with Crippen molar-refractivity contribution >= 4 is 34.1 Å². The van der Waals surface area contributed by atoms with Crippen molar-refractivity contribution in [2.75, 3.05) is 9.80 Å². The Bertz CT molecular complexity index is 1590. The molecule has 0 radical (unpaired) electrons. The Morgan fingerprint density at radius 1 is 0.333 bits per heavy atom. The van der Waals surface area contributed by atoms with Gasteiger partial charge in [0.1, 0.15) is 11.5 Å². The van der Waals surface area contributed by atoms with Crippen LogP contribution in [0.1, 0.15) is 2.74 Å². The standard InChI is InChI=1S/C36H28N2O/c1-5-13-29(14-6-1)37(30-15-7-2-8-16-30)33-21-25-35(26-22-33)39-36-27-23-34(24-28-36)38(31-17-9-3-10-18-31)32-19-11-4-12-20-32/h1-28H/i5T,9T. The van der Waals surface area contributed by atoms with Crippen LogP contribution >= 0.6 is 0 Å². The van der Waals surface area contributed by atoms with Crippen LogP contribution in [0.4, 0.5) is 34.1 Å². The Morgan fingerprint density at radius 3 is 1.00 bits per heavy atom. The Balaban J connectivity index is 1.25. The number of anilines is 6. The predicted molar refractivity (Wildman–Crippen MR) is 162 cm³/mol. The Morgan fingerprint density at radius 2 is 0.641 bits per heavy atom. The molecule has 0 aromatic heterocycles. The van der Waals surface area contributed by atoms with Crippen molar-refractivity contribution in [3.05, 3.63) is 170 Å². The maximum Gasteiger partial charge on any atom is 0.127 e. The average Bonchev–Trinajstić information content (AvgIpc) is 3.00. The molecule has 0 saturated carbocycles. The smallest absolute Gasteiger partial charge is 0.127 e. The van der Waals surface area contributed by atoms with E-state index < -0.39 is 0 Å². The molecule has 0 aliphatic rings. The van der Waals surface area contributed by atoms with Gasteiger partial charge < -0.3 is 14.5 Å². The van der Waals surface area contributed by atoms with Crippen LogP contribution in [0.2, 0.25) is 0 Å². The topological polar surface area (TPSA) is 15.7 Å². The number of nitrogens with zero attached hydrogens (tertiary/aromatic N) is 2. The third-order valence-electron chi connectivity index (χ3n) is 6.35. The Labute approximate surface area is 232 Å². The van der Waals surface area contributed by atoms with Gasteiger partial charge in [-0.15, -0.1) is 0 Å². The third-order valence-corrected chi connectivity index (χ3v) is 6.35. The minimum Gasteiger partial charge on any atom is -0.457 e. The lowest BCUT2D eigenvalue weighted by Crippen LogP contribution is -2.09. The first-order valence-corrected chi connectivity index (χ1v) is 12.9. The minimum atomic E-state index is 0.463. The highest BCUT2D eigenvalue weighted by atomic mass is 16.5. The van der Waals surface area contributed by atoms with Crippen molar-refractivity contribution in [2.45, 2.75) is 0 Å². The van der Waals surface area contributed by atoms with Crippen molar-refractivity contribution in [1.82, 2.24) is 0 Å². The molecular formula is C36H28N2O. The van der Waals surface area contributed by atoms with Crippen LogP contribution in [-0.2, 0) is 0 Å². The van der Waals surface area contributed by atoms with Crippen molar-refractivity contribution in [2.24, 2.45) is 0 Å². The van der Waals surface area contributed by atoms with Gasteiger partial charge in [-0.05, 0) is 97.1 Å². The van der Waals surface area contributed by atoms with Crippen molar-refractivity contribution in [3.63, 3.8) is 0 Å². The maximum absolute atomic E-state index is 8.10. The predicted octanol–water partition coefficient (Wildman–Crippen LogP) is 10.4. The maximum atomic E-state index is 8.10. The summed E-state index contributed by atoms with van der Waals surface area (Å²) in [4.78, 5) is 4.25. The van der Waals surface area contributed by atoms with Gasteiger partial charge >= 0.3 is 0 Å². The van der Waals surface area contributed by atoms with Gasteiger partial charge in [-0.3, -0.25) is 0 Å². The molecular weight excluding hydrogens is 476 g/mol. The summed E-state index contributed by atoms with van der Waals surface area (Å²) in [6, 6.07) is 52.2. The summed E-state index contributed by atoms with van der Waals surface area (Å²) < 4.78 is 22.4. The molecule has 0 bridgehead atoms. The molecule has 0 heterocycles. The van der Waals surface area contributed by atoms with Crippen LogP contribution in [0.25, 0.3) is 0 Å². The fourth-order valence-electron chi connectivity index (χ4n) is 4.56. The Kier molecular flexibility index (Phi) is 6.37. The second-order valence-electron chi connectivity index (χ2n) is 8.96. The van der Waals surface area contributed by atoms with Crippen LogP contribution in [-0.4, -0.2) is 0 Å². The third kappa shape index (κ3) is 5.53. The van der Waals surface area contributed by atoms with Gasteiger partial charge in [-0.25, -0.2) is 0 Å². The molecule has 3 nitrogen and oxygen atoms in total. The normalized spacial score (nSPS) is 11.3. The summed E-state index contributed by atoms with van der Waals surface area (Å²) in [6.45, 7) is 0. The summed E-state index contributed by atoms with van der Waals surface area (Å²) in [7, 11) is 0. The SMILES string of the molecule is [3H]c1cccc(N(c2ccccc2)c2ccc(Oc3ccc(N(c4ccccc4)c4cccc([3H])c4)cc3)cc2)c1. The summed E-state index contributed by atoms with van der Waals surface area (Å²) in [5.74, 6) is 1.45. The molecule has 6 aromatic carbocycles. The highest BCUT2D eigenvalue weighted by Gasteiger charge is 2.13. The van der Waals surface area contributed by atoms with Crippen LogP contribution < -0.4 is 14.5 Å². The molecule has 0 saturated heterocycles. The quantitative estimate of drug-likeness (QED) is 0.203. The van der Waals surface area contributed by atoms with E-state index in [9.17, 15) is 0 Å². The molecule has 0 fully saturated rings. The number of hydrogen-bond donors (Lipinski definition) is 0. The first-order chi connectivity index (χ1) is 20.1. The number of benzene rings is 6. The fourth-order valence-corrected chi connectivity index (χ4v) is 4.56. The van der Waals surface area contributed by atoms with E-state index in [-0.39, 0.29) is 0 Å². The van der Waals surface area contributed by atoms with E-state index in [2.05, 4.69) is 34.1 Å². The molecule has 6 aromatic rings. The highest BCUT2D eigenvalue weighted by Crippen LogP contribution is 2.37. The van der Waals surface area contributed by atoms with E-state index in [0.29, 0.717) is 12.1 Å². The summed E-state index contributed by atoms with van der Waals surface area (Å²) in [5, 5.41) is 0. The molecule has 39 heavy (non-hydrogen) atoms. The number of rotatable bonds is 8. The van der Waals surface area contributed by atoms with E-state index in [1.807, 2.05) is 121 Å². The number of hydrogen-bond acceptors (Lipinski definition) is 3. The van der Waals surface area contributed by atoms with Gasteiger partial charge in [0.2, 0.25) is 0 Å². The fraction of sp³-hybridized carbons (Fsp3) is 0. The van der Waals surface area contributed by atoms with Crippen LogP contribution in [0.5, 0.6) is 11.5 Å². The highest BCUT2D eigenvalue weighted by molar-refractivity contribution is 5.77. The van der Waals surface area contributed by atoms with Crippen LogP contribution in [0, 0.1) is 0 Å². The summed E-state index contributed by atoms with van der Waals surface area (Å²) in [5.41, 5.74) is 5.82. The molecule has 188 valence electrons. The summed E-state index contributed by atoms with van der Waals surface area (Å²) >= 11 is 0. The molecule has 0 aliphatic carbocycles. The van der Waals surface area contributed by atoms with E-state index >= 15 is 0 Å². The average molecular weight is 509 g/mol. The largest absolute Gasteiger partial charge is 0.457 e. The molecule has 6 rings (SSSR count). The van der Waals surface area contributed by atoms with E-state index in [4.69, 9.17) is 7.48 Å². The summed E-state index contributed by atoms with van der Waals surface area (Å²) in [6.07, 6.45) is 0. The van der Waals surface area contributed by atoms with Gasteiger partial charge in [0.15, 0.2) is 0 Å². The monoisotopic (exact) mass is 508 g/mol. The van der Waals surface area contributed by atoms with Gasteiger partial charge in [0.25, 0.3) is 0 Å².